The van der Waals surface area contributed by atoms with E-state index < -0.39 is 5.82 Å². The van der Waals surface area contributed by atoms with Crippen LogP contribution in [-0.2, 0) is 0 Å². The molecule has 0 spiro atoms. The maximum atomic E-state index is 14.5. The first-order chi connectivity index (χ1) is 9.92. The lowest BCUT2D eigenvalue weighted by molar-refractivity contribution is 0.318. The number of amidine groups is 1. The third kappa shape index (κ3) is 4.57. The van der Waals surface area contributed by atoms with E-state index in [1.54, 1.807) is 12.1 Å². The summed E-state index contributed by atoms with van der Waals surface area (Å²) in [7, 11) is 4.03. The van der Waals surface area contributed by atoms with Gasteiger partial charge in [-0.2, -0.15) is 0 Å². The van der Waals surface area contributed by atoms with Crippen molar-refractivity contribution in [2.24, 2.45) is 10.9 Å². The zero-order valence-electron chi connectivity index (χ0n) is 12.6. The molecule has 0 radical (unpaired) electrons. The lowest BCUT2D eigenvalue weighted by atomic mass is 10.1. The second-order valence-corrected chi connectivity index (χ2v) is 5.77. The molecule has 0 aliphatic heterocycles. The second kappa shape index (κ2) is 8.19. The van der Waals surface area contributed by atoms with Gasteiger partial charge in [0, 0.05) is 18.7 Å². The molecule has 0 saturated carbocycles. The van der Waals surface area contributed by atoms with Crippen LogP contribution in [0.4, 0.5) is 10.1 Å². The van der Waals surface area contributed by atoms with E-state index in [0.29, 0.717) is 17.8 Å². The van der Waals surface area contributed by atoms with Crippen LogP contribution in [0.1, 0.15) is 18.9 Å². The maximum Gasteiger partial charge on any atom is 0.171 e. The van der Waals surface area contributed by atoms with E-state index >= 15 is 0 Å². The van der Waals surface area contributed by atoms with Crippen molar-refractivity contribution in [3.63, 3.8) is 0 Å². The Bertz CT molecular complexity index is 508. The first kappa shape index (κ1) is 17.7. The predicted octanol–water partition coefficient (Wildman–Crippen LogP) is 2.46. The zero-order chi connectivity index (χ0) is 16.0. The Balaban J connectivity index is 2.98. The fourth-order valence-electron chi connectivity index (χ4n) is 2.06. The molecule has 1 aromatic rings. The fourth-order valence-corrected chi connectivity index (χ4v) is 2.60. The molecule has 3 N–H and O–H groups in total. The molecule has 7 heteroatoms. The molecule has 0 unspecified atom stereocenters. The van der Waals surface area contributed by atoms with Crippen LogP contribution in [0.15, 0.2) is 21.8 Å². The van der Waals surface area contributed by atoms with Crippen LogP contribution in [0, 0.1) is 5.82 Å². The molecule has 118 valence electrons. The Morgan fingerprint density at radius 3 is 2.57 bits per heavy atom. The van der Waals surface area contributed by atoms with Gasteiger partial charge in [0.25, 0.3) is 0 Å². The highest BCUT2D eigenvalue weighted by molar-refractivity contribution is 9.10. The summed E-state index contributed by atoms with van der Waals surface area (Å²) < 4.78 is 14.7. The van der Waals surface area contributed by atoms with E-state index in [1.165, 1.54) is 0 Å². The van der Waals surface area contributed by atoms with Crippen molar-refractivity contribution >= 4 is 27.5 Å². The minimum absolute atomic E-state index is 0.122. The number of nitrogens with two attached hydrogens (primary N) is 1. The monoisotopic (exact) mass is 360 g/mol. The van der Waals surface area contributed by atoms with Crippen molar-refractivity contribution in [3.05, 3.63) is 28.0 Å². The third-order valence-corrected chi connectivity index (χ3v) is 3.98. The van der Waals surface area contributed by atoms with Gasteiger partial charge < -0.3 is 20.7 Å². The summed E-state index contributed by atoms with van der Waals surface area (Å²) in [6, 6.07) is 3.30. The van der Waals surface area contributed by atoms with Crippen molar-refractivity contribution in [3.8, 4) is 0 Å². The maximum absolute atomic E-state index is 14.5. The standard InChI is InChI=1S/C14H22BrFN4O/c1-4-20(9-5-8-19(2)3)11-7-6-10(14(17)18-21)12(15)13(11)16/h6-7,21H,4-5,8-9H2,1-3H3,(H2,17,18). The molecule has 0 amide bonds. The SMILES string of the molecule is CCN(CCCN(C)C)c1ccc(/C(N)=N/O)c(Br)c1F. The van der Waals surface area contributed by atoms with Gasteiger partial charge in [0.2, 0.25) is 0 Å². The minimum atomic E-state index is -0.397. The number of halogens is 2. The average molecular weight is 361 g/mol. The molecule has 1 aromatic carbocycles. The largest absolute Gasteiger partial charge is 0.409 e. The number of hydrogen-bond acceptors (Lipinski definition) is 4. The molecule has 0 atom stereocenters. The molecule has 21 heavy (non-hydrogen) atoms. The molecule has 0 aromatic heterocycles. The fraction of sp³-hybridized carbons (Fsp3) is 0.500. The normalized spacial score (nSPS) is 12.0. The lowest BCUT2D eigenvalue weighted by Crippen LogP contribution is -2.28. The van der Waals surface area contributed by atoms with Gasteiger partial charge in [0.05, 0.1) is 10.2 Å². The van der Waals surface area contributed by atoms with E-state index in [-0.39, 0.29) is 10.3 Å². The Kier molecular flexibility index (Phi) is 6.91. The molecular weight excluding hydrogens is 339 g/mol. The number of rotatable bonds is 7. The molecule has 0 saturated heterocycles. The zero-order valence-corrected chi connectivity index (χ0v) is 14.2. The summed E-state index contributed by atoms with van der Waals surface area (Å²) in [5, 5.41) is 11.6. The van der Waals surface area contributed by atoms with Gasteiger partial charge in [-0.1, -0.05) is 5.16 Å². The topological polar surface area (TPSA) is 65.1 Å². The van der Waals surface area contributed by atoms with Crippen LogP contribution in [0.3, 0.4) is 0 Å². The molecule has 5 nitrogen and oxygen atoms in total. The predicted molar refractivity (Wildman–Crippen MR) is 87.7 cm³/mol. The second-order valence-electron chi connectivity index (χ2n) is 4.98. The molecule has 0 fully saturated rings. The van der Waals surface area contributed by atoms with Crippen LogP contribution < -0.4 is 10.6 Å². The van der Waals surface area contributed by atoms with Crippen molar-refractivity contribution in [1.82, 2.24) is 4.90 Å². The van der Waals surface area contributed by atoms with Crippen LogP contribution in [0.25, 0.3) is 0 Å². The minimum Gasteiger partial charge on any atom is -0.409 e. The highest BCUT2D eigenvalue weighted by atomic mass is 79.9. The van der Waals surface area contributed by atoms with Crippen molar-refractivity contribution in [1.29, 1.82) is 0 Å². The molecule has 0 heterocycles. The summed E-state index contributed by atoms with van der Waals surface area (Å²) >= 11 is 3.18. The van der Waals surface area contributed by atoms with Crippen LogP contribution in [-0.4, -0.2) is 49.7 Å². The Hall–Kier alpha value is -1.34. The molecule has 0 aliphatic carbocycles. The summed E-state index contributed by atoms with van der Waals surface area (Å²) in [6.07, 6.45) is 0.944. The van der Waals surface area contributed by atoms with Crippen molar-refractivity contribution < 1.29 is 9.60 Å². The summed E-state index contributed by atoms with van der Waals surface area (Å²) in [5.41, 5.74) is 6.37. The number of hydrogen-bond donors (Lipinski definition) is 2. The van der Waals surface area contributed by atoms with Gasteiger partial charge in [-0.3, -0.25) is 0 Å². The van der Waals surface area contributed by atoms with Gasteiger partial charge in [-0.15, -0.1) is 0 Å². The third-order valence-electron chi connectivity index (χ3n) is 3.20. The number of nitrogens with zero attached hydrogens (tertiary/aromatic N) is 3. The molecule has 1 rings (SSSR count). The van der Waals surface area contributed by atoms with Gasteiger partial charge >= 0.3 is 0 Å². The summed E-state index contributed by atoms with van der Waals surface area (Å²) in [5.74, 6) is -0.520. The highest BCUT2D eigenvalue weighted by Crippen LogP contribution is 2.29. The highest BCUT2D eigenvalue weighted by Gasteiger charge is 2.17. The Morgan fingerprint density at radius 2 is 2.05 bits per heavy atom. The smallest absolute Gasteiger partial charge is 0.171 e. The number of oxime groups is 1. The Morgan fingerprint density at radius 1 is 1.38 bits per heavy atom. The number of benzene rings is 1. The van der Waals surface area contributed by atoms with Gasteiger partial charge in [0.15, 0.2) is 11.7 Å². The van der Waals surface area contributed by atoms with E-state index in [2.05, 4.69) is 26.0 Å². The Labute approximate surface area is 133 Å². The molecular formula is C14H22BrFN4O. The summed E-state index contributed by atoms with van der Waals surface area (Å²) in [4.78, 5) is 4.07. The molecule has 0 bridgehead atoms. The first-order valence-electron chi connectivity index (χ1n) is 6.77. The van der Waals surface area contributed by atoms with Crippen LogP contribution >= 0.6 is 15.9 Å². The quantitative estimate of drug-likeness (QED) is 0.339. The van der Waals surface area contributed by atoms with Crippen LogP contribution in [0.5, 0.6) is 0 Å². The van der Waals surface area contributed by atoms with E-state index in [1.807, 2.05) is 25.9 Å². The van der Waals surface area contributed by atoms with Gasteiger partial charge in [0.1, 0.15) is 0 Å². The lowest BCUT2D eigenvalue weighted by Gasteiger charge is -2.25. The van der Waals surface area contributed by atoms with Crippen molar-refractivity contribution in [2.45, 2.75) is 13.3 Å². The van der Waals surface area contributed by atoms with E-state index in [9.17, 15) is 4.39 Å². The van der Waals surface area contributed by atoms with E-state index in [0.717, 1.165) is 19.5 Å². The van der Waals surface area contributed by atoms with Crippen LogP contribution in [0.2, 0.25) is 0 Å². The van der Waals surface area contributed by atoms with Gasteiger partial charge in [-0.05, 0) is 62.0 Å². The first-order valence-corrected chi connectivity index (χ1v) is 7.57. The molecule has 0 aliphatic rings. The van der Waals surface area contributed by atoms with Gasteiger partial charge in [-0.25, -0.2) is 4.39 Å². The summed E-state index contributed by atoms with van der Waals surface area (Å²) in [6.45, 7) is 4.41. The average Bonchev–Trinajstić information content (AvgIpc) is 2.46. The van der Waals surface area contributed by atoms with E-state index in [4.69, 9.17) is 10.9 Å². The number of anilines is 1. The van der Waals surface area contributed by atoms with Crippen molar-refractivity contribution in [2.75, 3.05) is 38.6 Å².